The first-order valence-electron chi connectivity index (χ1n) is 8.55. The summed E-state index contributed by atoms with van der Waals surface area (Å²) in [5.41, 5.74) is 1.16. The zero-order valence-electron chi connectivity index (χ0n) is 14.9. The maximum Gasteiger partial charge on any atom is 0.203 e. The molecule has 5 nitrogen and oxygen atoms in total. The van der Waals surface area contributed by atoms with Crippen molar-refractivity contribution in [1.82, 2.24) is 0 Å². The van der Waals surface area contributed by atoms with Gasteiger partial charge < -0.3 is 14.4 Å². The quantitative estimate of drug-likeness (QED) is 0.461. The van der Waals surface area contributed by atoms with Crippen LogP contribution in [0.25, 0.3) is 6.08 Å². The third-order valence-electron chi connectivity index (χ3n) is 4.33. The minimum Gasteiger partial charge on any atom is -0.497 e. The van der Waals surface area contributed by atoms with E-state index in [0.29, 0.717) is 43.3 Å². The second kappa shape index (κ2) is 8.47. The molecule has 0 saturated carbocycles. The maximum absolute atomic E-state index is 14.5. The van der Waals surface area contributed by atoms with Crippen LogP contribution in [0.5, 0.6) is 5.75 Å². The van der Waals surface area contributed by atoms with E-state index in [9.17, 15) is 14.4 Å². The van der Waals surface area contributed by atoms with Crippen molar-refractivity contribution in [2.75, 3.05) is 38.3 Å². The van der Waals surface area contributed by atoms with E-state index in [1.165, 1.54) is 19.3 Å². The summed E-state index contributed by atoms with van der Waals surface area (Å²) >= 11 is 0. The zero-order chi connectivity index (χ0) is 19.2. The maximum atomic E-state index is 14.5. The molecular formula is C21H19FN2O3. The molecular weight excluding hydrogens is 347 g/mol. The topological polar surface area (TPSA) is 62.6 Å². The second-order valence-corrected chi connectivity index (χ2v) is 6.04. The molecule has 2 aromatic carbocycles. The van der Waals surface area contributed by atoms with Crippen molar-refractivity contribution in [3.8, 4) is 11.8 Å². The number of carbonyl (C=O) groups is 1. The summed E-state index contributed by atoms with van der Waals surface area (Å²) in [6.07, 6.45) is 1.47. The Morgan fingerprint density at radius 1 is 1.26 bits per heavy atom. The second-order valence-electron chi connectivity index (χ2n) is 6.04. The molecule has 1 fully saturated rings. The van der Waals surface area contributed by atoms with E-state index in [2.05, 4.69) is 0 Å². The van der Waals surface area contributed by atoms with Crippen molar-refractivity contribution < 1.29 is 18.7 Å². The molecule has 27 heavy (non-hydrogen) atoms. The molecule has 0 unspecified atom stereocenters. The summed E-state index contributed by atoms with van der Waals surface area (Å²) in [4.78, 5) is 14.5. The highest BCUT2D eigenvalue weighted by Gasteiger charge is 2.18. The van der Waals surface area contributed by atoms with Crippen molar-refractivity contribution >= 4 is 17.5 Å². The van der Waals surface area contributed by atoms with Crippen molar-refractivity contribution in [3.63, 3.8) is 0 Å². The van der Waals surface area contributed by atoms with Crippen molar-refractivity contribution in [3.05, 3.63) is 65.0 Å². The fraction of sp³-hybridized carbons (Fsp3) is 0.238. The van der Waals surface area contributed by atoms with Crippen LogP contribution in [0.1, 0.15) is 15.9 Å². The van der Waals surface area contributed by atoms with Crippen molar-refractivity contribution in [2.45, 2.75) is 0 Å². The van der Waals surface area contributed by atoms with Crippen LogP contribution in [0.15, 0.2) is 48.0 Å². The van der Waals surface area contributed by atoms with E-state index in [1.807, 2.05) is 11.0 Å². The van der Waals surface area contributed by atoms with Gasteiger partial charge in [0.1, 0.15) is 23.2 Å². The Hall–Kier alpha value is -3.17. The summed E-state index contributed by atoms with van der Waals surface area (Å²) in [5, 5.41) is 9.39. The number of ether oxygens (including phenoxy) is 2. The third kappa shape index (κ3) is 4.33. The zero-order valence-corrected chi connectivity index (χ0v) is 14.9. The van der Waals surface area contributed by atoms with E-state index < -0.39 is 11.6 Å². The smallest absolute Gasteiger partial charge is 0.203 e. The number of Topliss-reactive ketones (excluding diaryl/α,β-unsaturated/α-hetero) is 1. The standard InChI is InChI=1S/C21H19FN2O3/c1-26-18-4-2-3-15(12-18)11-17(14-23)21(25)16-5-6-20(19(22)13-16)24-7-9-27-10-8-24/h2-6,11-13H,7-10H2,1H3/b17-11-. The van der Waals surface area contributed by atoms with Crippen LogP contribution in [0.3, 0.4) is 0 Å². The first kappa shape index (κ1) is 18.6. The molecule has 2 aromatic rings. The van der Waals surface area contributed by atoms with Gasteiger partial charge in [0.2, 0.25) is 5.78 Å². The highest BCUT2D eigenvalue weighted by molar-refractivity contribution is 6.14. The normalized spacial score (nSPS) is 14.6. The Labute approximate surface area is 157 Å². The van der Waals surface area contributed by atoms with E-state index >= 15 is 0 Å². The first-order chi connectivity index (χ1) is 13.1. The van der Waals surface area contributed by atoms with Gasteiger partial charge in [-0.3, -0.25) is 4.79 Å². The lowest BCUT2D eigenvalue weighted by molar-refractivity contribution is 0.103. The van der Waals surface area contributed by atoms with E-state index in [0.717, 1.165) is 0 Å². The lowest BCUT2D eigenvalue weighted by Crippen LogP contribution is -2.36. The van der Waals surface area contributed by atoms with Crippen LogP contribution in [-0.4, -0.2) is 39.2 Å². The Bertz CT molecular complexity index is 912. The number of morpholine rings is 1. The molecule has 0 radical (unpaired) electrons. The molecule has 1 aliphatic rings. The minimum absolute atomic E-state index is 0.0678. The highest BCUT2D eigenvalue weighted by atomic mass is 19.1. The van der Waals surface area contributed by atoms with Gasteiger partial charge in [-0.05, 0) is 42.0 Å². The average Bonchev–Trinajstić information content (AvgIpc) is 2.72. The fourth-order valence-corrected chi connectivity index (χ4v) is 2.91. The number of allylic oxidation sites excluding steroid dienone is 1. The Morgan fingerprint density at radius 2 is 2.04 bits per heavy atom. The minimum atomic E-state index is -0.521. The Kier molecular flexibility index (Phi) is 5.84. The number of hydrogen-bond donors (Lipinski definition) is 0. The number of carbonyl (C=O) groups excluding carboxylic acids is 1. The van der Waals surface area contributed by atoms with E-state index in [-0.39, 0.29) is 11.1 Å². The number of nitriles is 1. The number of methoxy groups -OCH3 is 1. The van der Waals surface area contributed by atoms with Gasteiger partial charge in [0.05, 0.1) is 26.0 Å². The van der Waals surface area contributed by atoms with Gasteiger partial charge in [0.25, 0.3) is 0 Å². The molecule has 1 saturated heterocycles. The molecule has 0 aromatic heterocycles. The fourth-order valence-electron chi connectivity index (χ4n) is 2.91. The molecule has 0 N–H and O–H groups in total. The van der Waals surface area contributed by atoms with Gasteiger partial charge in [-0.25, -0.2) is 4.39 Å². The summed E-state index contributed by atoms with van der Waals surface area (Å²) < 4.78 is 24.9. The molecule has 138 valence electrons. The largest absolute Gasteiger partial charge is 0.497 e. The lowest BCUT2D eigenvalue weighted by atomic mass is 10.0. The monoisotopic (exact) mass is 366 g/mol. The van der Waals surface area contributed by atoms with Crippen molar-refractivity contribution in [1.29, 1.82) is 5.26 Å². The molecule has 0 atom stereocenters. The summed E-state index contributed by atoms with van der Waals surface area (Å²) in [5.74, 6) is -0.386. The number of anilines is 1. The Morgan fingerprint density at radius 3 is 2.70 bits per heavy atom. The van der Waals surface area contributed by atoms with Crippen LogP contribution < -0.4 is 9.64 Å². The molecule has 0 bridgehead atoms. The first-order valence-corrected chi connectivity index (χ1v) is 8.55. The predicted molar refractivity (Wildman–Crippen MR) is 100 cm³/mol. The number of hydrogen-bond acceptors (Lipinski definition) is 5. The number of benzene rings is 2. The van der Waals surface area contributed by atoms with Gasteiger partial charge in [-0.15, -0.1) is 0 Å². The van der Waals surface area contributed by atoms with Gasteiger partial charge in [0, 0.05) is 18.7 Å². The lowest BCUT2D eigenvalue weighted by Gasteiger charge is -2.29. The van der Waals surface area contributed by atoms with Crippen molar-refractivity contribution in [2.24, 2.45) is 0 Å². The molecule has 0 aliphatic carbocycles. The third-order valence-corrected chi connectivity index (χ3v) is 4.33. The molecule has 1 aliphatic heterocycles. The molecule has 0 amide bonds. The van der Waals surface area contributed by atoms with E-state index in [4.69, 9.17) is 9.47 Å². The van der Waals surface area contributed by atoms with Crippen LogP contribution in [0, 0.1) is 17.1 Å². The van der Waals surface area contributed by atoms with Crippen LogP contribution in [0.2, 0.25) is 0 Å². The van der Waals surface area contributed by atoms with Gasteiger partial charge >= 0.3 is 0 Å². The average molecular weight is 366 g/mol. The van der Waals surface area contributed by atoms with Gasteiger partial charge in [-0.1, -0.05) is 12.1 Å². The van der Waals surface area contributed by atoms with E-state index in [1.54, 1.807) is 36.4 Å². The number of nitrogens with zero attached hydrogens (tertiary/aromatic N) is 2. The van der Waals surface area contributed by atoms with Gasteiger partial charge in [-0.2, -0.15) is 5.26 Å². The predicted octanol–water partition coefficient (Wildman–Crippen LogP) is 3.46. The number of rotatable bonds is 5. The molecule has 1 heterocycles. The Balaban J connectivity index is 1.86. The molecule has 3 rings (SSSR count). The highest BCUT2D eigenvalue weighted by Crippen LogP contribution is 2.23. The summed E-state index contributed by atoms with van der Waals surface area (Å²) in [6, 6.07) is 13.2. The van der Waals surface area contributed by atoms with Gasteiger partial charge in [0.15, 0.2) is 0 Å². The van der Waals surface area contributed by atoms with Crippen LogP contribution in [0.4, 0.5) is 10.1 Å². The molecule has 0 spiro atoms. The van der Waals surface area contributed by atoms with Crippen LogP contribution in [-0.2, 0) is 4.74 Å². The SMILES string of the molecule is COc1cccc(/C=C(/C#N)C(=O)c2ccc(N3CCOCC3)c(F)c2)c1. The van der Waals surface area contributed by atoms with Crippen LogP contribution >= 0.6 is 0 Å². The molecule has 6 heteroatoms. The number of ketones is 1. The summed E-state index contributed by atoms with van der Waals surface area (Å²) in [6.45, 7) is 2.29. The summed E-state index contributed by atoms with van der Waals surface area (Å²) in [7, 11) is 1.54. The number of halogens is 1.